The van der Waals surface area contributed by atoms with Gasteiger partial charge in [0, 0.05) is 37.9 Å². The molecule has 27 heavy (non-hydrogen) atoms. The number of piperazine rings is 1. The molecule has 0 spiro atoms. The van der Waals surface area contributed by atoms with Crippen molar-refractivity contribution < 1.29 is 13.2 Å². The van der Waals surface area contributed by atoms with Gasteiger partial charge < -0.3 is 5.32 Å². The first-order valence-corrected chi connectivity index (χ1v) is 10.6. The van der Waals surface area contributed by atoms with Crippen LogP contribution in [0.15, 0.2) is 53.4 Å². The summed E-state index contributed by atoms with van der Waals surface area (Å²) in [5.74, 6) is -0.0944. The number of fused-ring (bicyclic) bond motifs is 1. The zero-order valence-corrected chi connectivity index (χ0v) is 16.1. The second-order valence-electron chi connectivity index (χ2n) is 7.07. The van der Waals surface area contributed by atoms with Gasteiger partial charge in [-0.15, -0.1) is 0 Å². The Bertz CT molecular complexity index is 952. The predicted molar refractivity (Wildman–Crippen MR) is 104 cm³/mol. The van der Waals surface area contributed by atoms with Crippen LogP contribution in [0.4, 0.5) is 5.69 Å². The maximum Gasteiger partial charge on any atom is 0.243 e. The van der Waals surface area contributed by atoms with Crippen molar-refractivity contribution >= 4 is 21.6 Å². The molecule has 2 aliphatic heterocycles. The lowest BCUT2D eigenvalue weighted by Gasteiger charge is -2.37. The molecule has 2 heterocycles. The molecule has 1 N–H and O–H groups in total. The molecule has 0 saturated carbocycles. The minimum atomic E-state index is -3.55. The van der Waals surface area contributed by atoms with Crippen LogP contribution in [-0.2, 0) is 21.2 Å². The van der Waals surface area contributed by atoms with Gasteiger partial charge in [-0.3, -0.25) is 9.69 Å². The van der Waals surface area contributed by atoms with Crippen LogP contribution in [0, 0.1) is 0 Å². The fraction of sp³-hybridized carbons (Fsp3) is 0.350. The van der Waals surface area contributed by atoms with E-state index in [1.54, 1.807) is 22.5 Å². The van der Waals surface area contributed by atoms with E-state index >= 15 is 0 Å². The lowest BCUT2D eigenvalue weighted by Crippen LogP contribution is -2.49. The molecule has 2 aliphatic rings. The molecule has 0 radical (unpaired) electrons. The summed E-state index contributed by atoms with van der Waals surface area (Å²) in [5.41, 5.74) is 2.70. The Balaban J connectivity index is 1.46. The molecule has 2 aromatic carbocycles. The maximum absolute atomic E-state index is 13.0. The monoisotopic (exact) mass is 385 g/mol. The number of benzene rings is 2. The average Bonchev–Trinajstić information content (AvgIpc) is 3.07. The third-order valence-electron chi connectivity index (χ3n) is 5.44. The van der Waals surface area contributed by atoms with Crippen LogP contribution in [0.5, 0.6) is 0 Å². The number of rotatable bonds is 4. The van der Waals surface area contributed by atoms with Crippen molar-refractivity contribution in [3.8, 4) is 0 Å². The Morgan fingerprint density at radius 3 is 2.41 bits per heavy atom. The highest BCUT2D eigenvalue weighted by Gasteiger charge is 2.31. The molecule has 7 heteroatoms. The fourth-order valence-corrected chi connectivity index (χ4v) is 5.26. The van der Waals surface area contributed by atoms with Crippen molar-refractivity contribution in [1.82, 2.24) is 9.21 Å². The predicted octanol–water partition coefficient (Wildman–Crippen LogP) is 2.25. The van der Waals surface area contributed by atoms with E-state index in [0.29, 0.717) is 31.9 Å². The van der Waals surface area contributed by atoms with Gasteiger partial charge in [0.2, 0.25) is 15.9 Å². The van der Waals surface area contributed by atoms with Gasteiger partial charge in [0.05, 0.1) is 11.3 Å². The summed E-state index contributed by atoms with van der Waals surface area (Å²) in [6, 6.07) is 15.4. The number of nitrogens with one attached hydrogen (secondary N) is 1. The van der Waals surface area contributed by atoms with Crippen LogP contribution in [-0.4, -0.2) is 49.7 Å². The number of nitrogens with zero attached hydrogens (tertiary/aromatic N) is 2. The molecule has 1 saturated heterocycles. The molecular formula is C20H23N3O3S. The molecule has 142 valence electrons. The van der Waals surface area contributed by atoms with Gasteiger partial charge >= 0.3 is 0 Å². The molecule has 0 aromatic heterocycles. The molecule has 2 aromatic rings. The minimum absolute atomic E-state index is 0.0944. The third kappa shape index (κ3) is 3.50. The number of carbonyl (C=O) groups is 1. The Morgan fingerprint density at radius 2 is 1.70 bits per heavy atom. The maximum atomic E-state index is 13.0. The number of amides is 1. The van der Waals surface area contributed by atoms with Gasteiger partial charge in [0.15, 0.2) is 0 Å². The molecule has 1 unspecified atom stereocenters. The normalized spacial score (nSPS) is 19.5. The SMILES string of the molecule is CC(c1ccccc1)N1CCN(S(=O)(=O)c2ccc3c(c2)CC(=O)N3)CC1. The van der Waals surface area contributed by atoms with Crippen molar-refractivity contribution in [1.29, 1.82) is 0 Å². The van der Waals surface area contributed by atoms with Crippen molar-refractivity contribution in [2.45, 2.75) is 24.3 Å². The van der Waals surface area contributed by atoms with Gasteiger partial charge in [-0.2, -0.15) is 4.31 Å². The summed E-state index contributed by atoms with van der Waals surface area (Å²) in [6.45, 7) is 4.48. The molecule has 0 bridgehead atoms. The molecule has 4 rings (SSSR count). The average molecular weight is 385 g/mol. The number of hydrogen-bond acceptors (Lipinski definition) is 4. The highest BCUT2D eigenvalue weighted by atomic mass is 32.2. The standard InChI is InChI=1S/C20H23N3O3S/c1-15(16-5-3-2-4-6-16)22-9-11-23(12-10-22)27(25,26)18-7-8-19-17(13-18)14-20(24)21-19/h2-8,13,15H,9-12,14H2,1H3,(H,21,24). The van der Waals surface area contributed by atoms with Crippen molar-refractivity contribution in [2.75, 3.05) is 31.5 Å². The Kier molecular flexibility index (Phi) is 4.75. The quantitative estimate of drug-likeness (QED) is 0.876. The molecule has 1 fully saturated rings. The number of hydrogen-bond donors (Lipinski definition) is 1. The van der Waals surface area contributed by atoms with Gasteiger partial charge in [-0.1, -0.05) is 30.3 Å². The first kappa shape index (κ1) is 18.2. The fourth-order valence-electron chi connectivity index (χ4n) is 3.79. The number of sulfonamides is 1. The minimum Gasteiger partial charge on any atom is -0.326 e. The Hall–Kier alpha value is -2.22. The van der Waals surface area contributed by atoms with E-state index in [1.807, 2.05) is 18.2 Å². The molecule has 1 amide bonds. The second-order valence-corrected chi connectivity index (χ2v) is 9.01. The van der Waals surface area contributed by atoms with E-state index in [4.69, 9.17) is 0 Å². The second kappa shape index (κ2) is 7.07. The first-order chi connectivity index (χ1) is 12.9. The van der Waals surface area contributed by atoms with Crippen LogP contribution < -0.4 is 5.32 Å². The third-order valence-corrected chi connectivity index (χ3v) is 7.34. The molecule has 1 atom stereocenters. The summed E-state index contributed by atoms with van der Waals surface area (Å²) in [5, 5.41) is 2.74. The van der Waals surface area contributed by atoms with E-state index < -0.39 is 10.0 Å². The van der Waals surface area contributed by atoms with Crippen molar-refractivity contribution in [2.24, 2.45) is 0 Å². The van der Waals surface area contributed by atoms with E-state index in [2.05, 4.69) is 29.3 Å². The topological polar surface area (TPSA) is 69.7 Å². The smallest absolute Gasteiger partial charge is 0.243 e. The van der Waals surface area contributed by atoms with Gasteiger partial charge in [0.25, 0.3) is 0 Å². The van der Waals surface area contributed by atoms with E-state index in [9.17, 15) is 13.2 Å². The Morgan fingerprint density at radius 1 is 1.00 bits per heavy atom. The lowest BCUT2D eigenvalue weighted by molar-refractivity contribution is -0.115. The number of carbonyl (C=O) groups excluding carboxylic acids is 1. The van der Waals surface area contributed by atoms with Crippen LogP contribution in [0.3, 0.4) is 0 Å². The van der Waals surface area contributed by atoms with Crippen LogP contribution in [0.1, 0.15) is 24.1 Å². The summed E-state index contributed by atoms with van der Waals surface area (Å²) in [7, 11) is -3.55. The molecule has 6 nitrogen and oxygen atoms in total. The summed E-state index contributed by atoms with van der Waals surface area (Å²) >= 11 is 0. The van der Waals surface area contributed by atoms with E-state index in [1.165, 1.54) is 5.56 Å². The highest BCUT2D eigenvalue weighted by molar-refractivity contribution is 7.89. The van der Waals surface area contributed by atoms with Crippen LogP contribution in [0.25, 0.3) is 0 Å². The van der Waals surface area contributed by atoms with E-state index in [-0.39, 0.29) is 23.3 Å². The van der Waals surface area contributed by atoms with E-state index in [0.717, 1.165) is 5.56 Å². The Labute approximate surface area is 159 Å². The summed E-state index contributed by atoms with van der Waals surface area (Å²) in [4.78, 5) is 14.1. The van der Waals surface area contributed by atoms with Crippen molar-refractivity contribution in [3.05, 3.63) is 59.7 Å². The van der Waals surface area contributed by atoms with Gasteiger partial charge in [-0.25, -0.2) is 8.42 Å². The summed E-state index contributed by atoms with van der Waals surface area (Å²) < 4.78 is 27.6. The van der Waals surface area contributed by atoms with Gasteiger partial charge in [0.1, 0.15) is 0 Å². The number of anilines is 1. The summed E-state index contributed by atoms with van der Waals surface area (Å²) in [6.07, 6.45) is 0.237. The molecule has 0 aliphatic carbocycles. The van der Waals surface area contributed by atoms with Crippen molar-refractivity contribution in [3.63, 3.8) is 0 Å². The molecular weight excluding hydrogens is 362 g/mol. The first-order valence-electron chi connectivity index (χ1n) is 9.17. The zero-order chi connectivity index (χ0) is 19.0. The lowest BCUT2D eigenvalue weighted by atomic mass is 10.1. The van der Waals surface area contributed by atoms with Crippen LogP contribution >= 0.6 is 0 Å². The highest BCUT2D eigenvalue weighted by Crippen LogP contribution is 2.28. The van der Waals surface area contributed by atoms with Gasteiger partial charge in [-0.05, 0) is 36.2 Å². The largest absolute Gasteiger partial charge is 0.326 e. The zero-order valence-electron chi connectivity index (χ0n) is 15.3. The van der Waals surface area contributed by atoms with Crippen LogP contribution in [0.2, 0.25) is 0 Å².